The Bertz CT molecular complexity index is 1330. The van der Waals surface area contributed by atoms with Gasteiger partial charge in [-0.2, -0.15) is 0 Å². The maximum atomic E-state index is 12.7. The van der Waals surface area contributed by atoms with Gasteiger partial charge in [-0.25, -0.2) is 8.42 Å². The SMILES string of the molecule is Cc1ccc(C(=O)NCCc2c[nH]c3ccccc23)cc1NC1=NC2CS(=O)(=O)CC2S1. The molecule has 1 fully saturated rings. The highest BCUT2D eigenvalue weighted by atomic mass is 32.2. The maximum Gasteiger partial charge on any atom is 0.251 e. The van der Waals surface area contributed by atoms with Crippen LogP contribution >= 0.6 is 11.8 Å². The van der Waals surface area contributed by atoms with Crippen molar-refractivity contribution >= 4 is 49.3 Å². The average molecular weight is 469 g/mol. The molecule has 3 N–H and O–H groups in total. The molecule has 32 heavy (non-hydrogen) atoms. The number of anilines is 1. The van der Waals surface area contributed by atoms with Crippen LogP contribution < -0.4 is 10.6 Å². The van der Waals surface area contributed by atoms with Crippen LogP contribution in [0.2, 0.25) is 0 Å². The fourth-order valence-corrected chi connectivity index (χ4v) is 7.85. The van der Waals surface area contributed by atoms with Gasteiger partial charge in [-0.1, -0.05) is 36.0 Å². The minimum absolute atomic E-state index is 0.0150. The number of hydrogen-bond donors (Lipinski definition) is 3. The number of para-hydroxylation sites is 1. The number of hydrogen-bond acceptors (Lipinski definition) is 6. The molecule has 1 amide bonds. The molecule has 1 aromatic heterocycles. The number of aryl methyl sites for hydroxylation is 1. The number of carbonyl (C=O) groups is 1. The van der Waals surface area contributed by atoms with E-state index in [9.17, 15) is 13.2 Å². The van der Waals surface area contributed by atoms with E-state index in [-0.39, 0.29) is 28.7 Å². The molecular formula is C23H24N4O3S2. The van der Waals surface area contributed by atoms with Crippen LogP contribution in [-0.2, 0) is 16.3 Å². The first-order chi connectivity index (χ1) is 15.4. The Balaban J connectivity index is 1.22. The maximum absolute atomic E-state index is 12.7. The Kier molecular flexibility index (Phi) is 5.46. The van der Waals surface area contributed by atoms with E-state index in [4.69, 9.17) is 0 Å². The fourth-order valence-electron chi connectivity index (χ4n) is 4.18. The predicted molar refractivity (Wildman–Crippen MR) is 130 cm³/mol. The van der Waals surface area contributed by atoms with E-state index >= 15 is 0 Å². The standard InChI is InChI=1S/C23H24N4O3S2/c1-14-6-7-15(10-19(14)26-23-27-20-12-32(29,30)13-21(20)31-23)22(28)24-9-8-16-11-25-18-5-3-2-4-17(16)18/h2-7,10-11,20-21,25H,8-9,12-13H2,1H3,(H,24,28)(H,26,27). The Labute approximate surface area is 191 Å². The normalized spacial score (nSPS) is 21.3. The number of sulfone groups is 1. The lowest BCUT2D eigenvalue weighted by Gasteiger charge is -2.12. The number of nitrogens with one attached hydrogen (secondary N) is 3. The van der Waals surface area contributed by atoms with Crippen LogP contribution in [-0.4, -0.2) is 53.8 Å². The van der Waals surface area contributed by atoms with Crippen molar-refractivity contribution in [2.24, 2.45) is 4.99 Å². The number of aliphatic imine (C=N–C) groups is 1. The van der Waals surface area contributed by atoms with Crippen molar-refractivity contribution in [2.45, 2.75) is 24.6 Å². The van der Waals surface area contributed by atoms with Crippen molar-refractivity contribution in [1.29, 1.82) is 0 Å². The molecule has 0 spiro atoms. The largest absolute Gasteiger partial charge is 0.361 e. The summed E-state index contributed by atoms with van der Waals surface area (Å²) < 4.78 is 23.5. The summed E-state index contributed by atoms with van der Waals surface area (Å²) in [5.74, 6) is 0.166. The first-order valence-electron chi connectivity index (χ1n) is 10.5. The summed E-state index contributed by atoms with van der Waals surface area (Å²) in [7, 11) is -2.98. The topological polar surface area (TPSA) is 103 Å². The van der Waals surface area contributed by atoms with Crippen LogP contribution in [0.3, 0.4) is 0 Å². The van der Waals surface area contributed by atoms with Crippen molar-refractivity contribution in [3.05, 3.63) is 65.4 Å². The van der Waals surface area contributed by atoms with Crippen LogP contribution in [0.15, 0.2) is 53.7 Å². The third kappa shape index (κ3) is 4.27. The number of fused-ring (bicyclic) bond motifs is 2. The van der Waals surface area contributed by atoms with Crippen molar-refractivity contribution in [2.75, 3.05) is 23.4 Å². The Morgan fingerprint density at radius 2 is 2.06 bits per heavy atom. The Morgan fingerprint density at radius 1 is 1.22 bits per heavy atom. The summed E-state index contributed by atoms with van der Waals surface area (Å²) in [5.41, 5.74) is 4.65. The number of carbonyl (C=O) groups excluding carboxylic acids is 1. The van der Waals surface area contributed by atoms with Crippen molar-refractivity contribution in [3.8, 4) is 0 Å². The molecule has 2 aliphatic rings. The predicted octanol–water partition coefficient (Wildman–Crippen LogP) is 3.13. The Hall–Kier alpha value is -2.78. The molecule has 5 rings (SSSR count). The zero-order valence-corrected chi connectivity index (χ0v) is 19.2. The summed E-state index contributed by atoms with van der Waals surface area (Å²) in [4.78, 5) is 20.5. The van der Waals surface area contributed by atoms with Crippen LogP contribution in [0.1, 0.15) is 21.5 Å². The molecule has 3 aromatic rings. The number of H-pyrrole nitrogens is 1. The molecular weight excluding hydrogens is 444 g/mol. The van der Waals surface area contributed by atoms with Gasteiger partial charge in [0.1, 0.15) is 0 Å². The minimum atomic E-state index is -2.98. The average Bonchev–Trinajstić information content (AvgIpc) is 3.40. The number of aromatic nitrogens is 1. The number of aromatic amines is 1. The second kappa shape index (κ2) is 8.29. The molecule has 0 radical (unpaired) electrons. The molecule has 166 valence electrons. The van der Waals surface area contributed by atoms with E-state index in [0.717, 1.165) is 28.4 Å². The van der Waals surface area contributed by atoms with Gasteiger partial charge in [0, 0.05) is 40.1 Å². The molecule has 2 aliphatic heterocycles. The molecule has 1 saturated heterocycles. The number of thioether (sulfide) groups is 1. The summed E-state index contributed by atoms with van der Waals surface area (Å²) in [6, 6.07) is 13.5. The van der Waals surface area contributed by atoms with Gasteiger partial charge >= 0.3 is 0 Å². The van der Waals surface area contributed by atoms with Crippen molar-refractivity contribution < 1.29 is 13.2 Å². The van der Waals surface area contributed by atoms with Crippen LogP contribution in [0.25, 0.3) is 10.9 Å². The molecule has 0 bridgehead atoms. The van der Waals surface area contributed by atoms with Crippen LogP contribution in [0.4, 0.5) is 5.69 Å². The summed E-state index contributed by atoms with van der Waals surface area (Å²) in [5, 5.41) is 8.17. The van der Waals surface area contributed by atoms with Gasteiger partial charge in [-0.3, -0.25) is 9.79 Å². The van der Waals surface area contributed by atoms with Crippen LogP contribution in [0, 0.1) is 6.92 Å². The summed E-state index contributed by atoms with van der Waals surface area (Å²) >= 11 is 1.47. The monoisotopic (exact) mass is 468 g/mol. The highest BCUT2D eigenvalue weighted by molar-refractivity contribution is 8.15. The van der Waals surface area contributed by atoms with Crippen LogP contribution in [0.5, 0.6) is 0 Å². The third-order valence-corrected chi connectivity index (χ3v) is 9.06. The van der Waals surface area contributed by atoms with Crippen molar-refractivity contribution in [1.82, 2.24) is 10.3 Å². The van der Waals surface area contributed by atoms with E-state index in [0.29, 0.717) is 12.1 Å². The lowest BCUT2D eigenvalue weighted by Crippen LogP contribution is -2.25. The lowest BCUT2D eigenvalue weighted by atomic mass is 10.1. The number of amidine groups is 1. The minimum Gasteiger partial charge on any atom is -0.361 e. The van der Waals surface area contributed by atoms with E-state index in [2.05, 4.69) is 26.7 Å². The van der Waals surface area contributed by atoms with E-state index in [1.54, 1.807) is 0 Å². The van der Waals surface area contributed by atoms with E-state index in [1.165, 1.54) is 22.7 Å². The van der Waals surface area contributed by atoms with Gasteiger partial charge in [0.25, 0.3) is 5.91 Å². The number of amides is 1. The second-order valence-corrected chi connectivity index (χ2v) is 11.6. The molecule has 2 aromatic carbocycles. The molecule has 0 aliphatic carbocycles. The van der Waals surface area contributed by atoms with Gasteiger partial charge in [-0.15, -0.1) is 0 Å². The summed E-state index contributed by atoms with van der Waals surface area (Å²) in [6.07, 6.45) is 2.73. The smallest absolute Gasteiger partial charge is 0.251 e. The molecule has 2 atom stereocenters. The number of benzene rings is 2. The molecule has 3 heterocycles. The van der Waals surface area contributed by atoms with E-state index < -0.39 is 9.84 Å². The summed E-state index contributed by atoms with van der Waals surface area (Å²) in [6.45, 7) is 2.50. The number of nitrogens with zero attached hydrogens (tertiary/aromatic N) is 1. The first-order valence-corrected chi connectivity index (χ1v) is 13.2. The quantitative estimate of drug-likeness (QED) is 0.534. The fraction of sp³-hybridized carbons (Fsp3) is 0.304. The lowest BCUT2D eigenvalue weighted by molar-refractivity contribution is 0.0954. The zero-order valence-electron chi connectivity index (χ0n) is 17.6. The highest BCUT2D eigenvalue weighted by Crippen LogP contribution is 2.35. The molecule has 7 nitrogen and oxygen atoms in total. The van der Waals surface area contributed by atoms with Gasteiger partial charge in [0.2, 0.25) is 0 Å². The molecule has 2 unspecified atom stereocenters. The zero-order chi connectivity index (χ0) is 22.3. The van der Waals surface area contributed by atoms with Gasteiger partial charge in [0.15, 0.2) is 15.0 Å². The van der Waals surface area contributed by atoms with Crippen molar-refractivity contribution in [3.63, 3.8) is 0 Å². The third-order valence-electron chi connectivity index (χ3n) is 5.91. The van der Waals surface area contributed by atoms with Gasteiger partial charge in [-0.05, 0) is 42.7 Å². The highest BCUT2D eigenvalue weighted by Gasteiger charge is 2.42. The molecule has 0 saturated carbocycles. The first kappa shape index (κ1) is 21.1. The number of rotatable bonds is 5. The van der Waals surface area contributed by atoms with Gasteiger partial charge < -0.3 is 15.6 Å². The van der Waals surface area contributed by atoms with E-state index in [1.807, 2.05) is 49.5 Å². The Morgan fingerprint density at radius 3 is 2.91 bits per heavy atom. The van der Waals surface area contributed by atoms with Gasteiger partial charge in [0.05, 0.1) is 17.5 Å². The second-order valence-electron chi connectivity index (χ2n) is 8.25. The molecule has 9 heteroatoms.